The maximum absolute atomic E-state index is 14.0. The Hall–Kier alpha value is -1.11. The van der Waals surface area contributed by atoms with Gasteiger partial charge >= 0.3 is 14.6 Å². The fourth-order valence-corrected chi connectivity index (χ4v) is 3.05. The standard InChI is InChI=1S/C16H22FO6P/c1-3-20-24(21-4-2)23-15-10-13(17)14(22-15)11-19-16(18)12-8-6-5-7-9-12/h5-9,13-15H,3-4,10-11H2,1-2H3/t13-,14-,15?/m1/s1. The number of carbonyl (C=O) groups excluding carboxylic acids is 1. The highest BCUT2D eigenvalue weighted by atomic mass is 31.2. The second-order valence-corrected chi connectivity index (χ2v) is 6.16. The highest BCUT2D eigenvalue weighted by Gasteiger charge is 2.39. The van der Waals surface area contributed by atoms with Crippen molar-refractivity contribution in [3.05, 3.63) is 35.9 Å². The van der Waals surface area contributed by atoms with Crippen molar-refractivity contribution in [3.8, 4) is 0 Å². The first-order valence-electron chi connectivity index (χ1n) is 7.88. The zero-order valence-electron chi connectivity index (χ0n) is 13.7. The van der Waals surface area contributed by atoms with Gasteiger partial charge in [-0.25, -0.2) is 9.18 Å². The summed E-state index contributed by atoms with van der Waals surface area (Å²) in [5, 5.41) is 0. The van der Waals surface area contributed by atoms with Gasteiger partial charge in [0, 0.05) is 6.42 Å². The molecule has 1 aromatic rings. The second-order valence-electron chi connectivity index (χ2n) is 4.98. The molecule has 6 nitrogen and oxygen atoms in total. The summed E-state index contributed by atoms with van der Waals surface area (Å²) < 4.78 is 40.7. The number of alkyl halides is 1. The van der Waals surface area contributed by atoms with Gasteiger partial charge in [0.05, 0.1) is 18.8 Å². The Morgan fingerprint density at radius 3 is 2.54 bits per heavy atom. The van der Waals surface area contributed by atoms with Crippen LogP contribution in [0.3, 0.4) is 0 Å². The molecule has 8 heteroatoms. The third kappa shape index (κ3) is 5.76. The number of carbonyl (C=O) groups is 1. The third-order valence-corrected chi connectivity index (χ3v) is 4.55. The van der Waals surface area contributed by atoms with Crippen LogP contribution in [0.2, 0.25) is 0 Å². The van der Waals surface area contributed by atoms with Gasteiger partial charge in [0.1, 0.15) is 18.9 Å². The first-order valence-corrected chi connectivity index (χ1v) is 8.98. The van der Waals surface area contributed by atoms with Gasteiger partial charge in [-0.15, -0.1) is 0 Å². The lowest BCUT2D eigenvalue weighted by Gasteiger charge is -2.19. The Morgan fingerprint density at radius 2 is 1.92 bits per heavy atom. The number of hydrogen-bond acceptors (Lipinski definition) is 6. The summed E-state index contributed by atoms with van der Waals surface area (Å²) in [6.45, 7) is 4.31. The van der Waals surface area contributed by atoms with E-state index < -0.39 is 33.1 Å². The summed E-state index contributed by atoms with van der Waals surface area (Å²) in [6, 6.07) is 8.52. The lowest BCUT2D eigenvalue weighted by Crippen LogP contribution is -2.25. The number of ether oxygens (including phenoxy) is 2. The minimum Gasteiger partial charge on any atom is -0.459 e. The van der Waals surface area contributed by atoms with E-state index in [0.717, 1.165) is 0 Å². The van der Waals surface area contributed by atoms with E-state index >= 15 is 0 Å². The van der Waals surface area contributed by atoms with E-state index in [1.54, 1.807) is 30.3 Å². The van der Waals surface area contributed by atoms with Crippen molar-refractivity contribution >= 4 is 14.6 Å². The van der Waals surface area contributed by atoms with Crippen LogP contribution in [-0.4, -0.2) is 44.4 Å². The summed E-state index contributed by atoms with van der Waals surface area (Å²) in [4.78, 5) is 11.9. The zero-order chi connectivity index (χ0) is 17.4. The van der Waals surface area contributed by atoms with Crippen molar-refractivity contribution in [2.45, 2.75) is 38.8 Å². The molecule has 24 heavy (non-hydrogen) atoms. The molecule has 3 atom stereocenters. The Labute approximate surface area is 142 Å². The summed E-state index contributed by atoms with van der Waals surface area (Å²) in [5.74, 6) is -0.512. The van der Waals surface area contributed by atoms with Crippen molar-refractivity contribution in [1.29, 1.82) is 0 Å². The van der Waals surface area contributed by atoms with Crippen molar-refractivity contribution < 1.29 is 32.2 Å². The molecule has 0 radical (unpaired) electrons. The fourth-order valence-electron chi connectivity index (χ4n) is 2.10. The van der Waals surface area contributed by atoms with E-state index in [1.807, 2.05) is 13.8 Å². The molecule has 2 rings (SSSR count). The number of benzene rings is 1. The van der Waals surface area contributed by atoms with Crippen LogP contribution in [0, 0.1) is 0 Å². The number of rotatable bonds is 9. The molecule has 0 aliphatic carbocycles. The Kier molecular flexibility index (Phi) is 8.02. The third-order valence-electron chi connectivity index (χ3n) is 3.21. The molecule has 1 aliphatic heterocycles. The van der Waals surface area contributed by atoms with E-state index in [0.29, 0.717) is 18.8 Å². The van der Waals surface area contributed by atoms with E-state index in [-0.39, 0.29) is 13.0 Å². The maximum atomic E-state index is 14.0. The monoisotopic (exact) mass is 360 g/mol. The molecule has 1 aromatic carbocycles. The first kappa shape index (κ1) is 19.2. The van der Waals surface area contributed by atoms with Crippen LogP contribution in [0.4, 0.5) is 4.39 Å². The van der Waals surface area contributed by atoms with Crippen LogP contribution < -0.4 is 0 Å². The van der Waals surface area contributed by atoms with Gasteiger partial charge in [-0.2, -0.15) is 0 Å². The predicted molar refractivity (Wildman–Crippen MR) is 86.2 cm³/mol. The number of halogens is 1. The number of hydrogen-bond donors (Lipinski definition) is 0. The van der Waals surface area contributed by atoms with Crippen LogP contribution in [0.25, 0.3) is 0 Å². The topological polar surface area (TPSA) is 63.2 Å². The van der Waals surface area contributed by atoms with E-state index in [1.165, 1.54) is 0 Å². The quantitative estimate of drug-likeness (QED) is 0.495. The lowest BCUT2D eigenvalue weighted by atomic mass is 10.2. The largest absolute Gasteiger partial charge is 0.459 e. The summed E-state index contributed by atoms with van der Waals surface area (Å²) >= 11 is 0. The molecule has 0 aromatic heterocycles. The minimum absolute atomic E-state index is 0.0482. The van der Waals surface area contributed by atoms with Crippen LogP contribution in [-0.2, 0) is 23.0 Å². The van der Waals surface area contributed by atoms with Crippen LogP contribution in [0.15, 0.2) is 30.3 Å². The molecule has 0 spiro atoms. The van der Waals surface area contributed by atoms with Gasteiger partial charge in [0.15, 0.2) is 6.29 Å². The van der Waals surface area contributed by atoms with Gasteiger partial charge in [-0.05, 0) is 26.0 Å². The molecule has 1 heterocycles. The molecule has 1 saturated heterocycles. The molecule has 0 saturated carbocycles. The van der Waals surface area contributed by atoms with Gasteiger partial charge in [0.2, 0.25) is 0 Å². The van der Waals surface area contributed by atoms with Crippen molar-refractivity contribution in [2.75, 3.05) is 19.8 Å². The normalized spacial score (nSPS) is 23.6. The molecule has 0 bridgehead atoms. The van der Waals surface area contributed by atoms with E-state index in [2.05, 4.69) is 0 Å². The minimum atomic E-state index is -1.57. The fraction of sp³-hybridized carbons (Fsp3) is 0.562. The summed E-state index contributed by atoms with van der Waals surface area (Å²) in [7, 11) is -1.57. The van der Waals surface area contributed by atoms with Crippen LogP contribution >= 0.6 is 8.60 Å². The lowest BCUT2D eigenvalue weighted by molar-refractivity contribution is -0.0987. The Balaban J connectivity index is 1.79. The Morgan fingerprint density at radius 1 is 1.25 bits per heavy atom. The molecule has 1 unspecified atom stereocenters. The van der Waals surface area contributed by atoms with Crippen molar-refractivity contribution in [2.24, 2.45) is 0 Å². The summed E-state index contributed by atoms with van der Waals surface area (Å²) in [5.41, 5.74) is 0.412. The molecule has 134 valence electrons. The number of esters is 1. The highest BCUT2D eigenvalue weighted by Crippen LogP contribution is 2.43. The van der Waals surface area contributed by atoms with Gasteiger partial charge < -0.3 is 18.5 Å². The van der Waals surface area contributed by atoms with Gasteiger partial charge in [0.25, 0.3) is 0 Å². The maximum Gasteiger partial charge on any atom is 0.338 e. The van der Waals surface area contributed by atoms with Crippen molar-refractivity contribution in [3.63, 3.8) is 0 Å². The first-order chi connectivity index (χ1) is 11.6. The van der Waals surface area contributed by atoms with Crippen molar-refractivity contribution in [1.82, 2.24) is 0 Å². The smallest absolute Gasteiger partial charge is 0.338 e. The summed E-state index contributed by atoms with van der Waals surface area (Å²) in [6.07, 6.45) is -2.86. The zero-order valence-corrected chi connectivity index (χ0v) is 14.6. The Bertz CT molecular complexity index is 497. The molecule has 0 N–H and O–H groups in total. The van der Waals surface area contributed by atoms with E-state index in [9.17, 15) is 9.18 Å². The molecule has 1 fully saturated rings. The van der Waals surface area contributed by atoms with Crippen LogP contribution in [0.5, 0.6) is 0 Å². The highest BCUT2D eigenvalue weighted by molar-refractivity contribution is 7.41. The van der Waals surface area contributed by atoms with E-state index in [4.69, 9.17) is 23.0 Å². The average Bonchev–Trinajstić information content (AvgIpc) is 2.93. The molecular weight excluding hydrogens is 338 g/mol. The van der Waals surface area contributed by atoms with Gasteiger partial charge in [-0.1, -0.05) is 18.2 Å². The van der Waals surface area contributed by atoms with Crippen LogP contribution in [0.1, 0.15) is 30.6 Å². The SMILES string of the molecule is CCOP(OCC)OC1C[C@@H](F)[C@@H](COC(=O)c2ccccc2)O1. The predicted octanol–water partition coefficient (Wildman–Crippen LogP) is 3.61. The second kappa shape index (κ2) is 10.0. The molecule has 0 amide bonds. The van der Waals surface area contributed by atoms with Gasteiger partial charge in [-0.3, -0.25) is 4.52 Å². The average molecular weight is 360 g/mol. The molecular formula is C16H22FO6P. The molecule has 1 aliphatic rings.